The van der Waals surface area contributed by atoms with Crippen LogP contribution in [0.4, 0.5) is 24.0 Å². The standard InChI is InChI=1S/C21H26N4O3.C16H36N.C14H20N4O6S.C14H20N4O3.2C13H19N5O6S/c1-14-9-16(10-14)11-19-22-23-20(28-19)18-8-7-17-12-24(18)21(26)25(17)27-13-15-5-3-2-4-6-15;1-5-9-13-17(14-10-6-2,15-11-7-3)16-12-8-4;1-8-4-9(5-8)6-12-15-16-13(23-12)11-3-2-10-7-17(11)14(19)18(10)24-25(20,21)22;1-8-4-9(5-8)6-12-15-16-13(21-12)11-3-2-10-7-17(11)14(19)18(10)20;2*14-8-3-7(4-8)5-11-15-16-12(23-11)10-2-1-9-6-17(10)13(19)18(9)24-25(20,21)22/h2-6,14,16-18H,7-13H2,1H3;5-16H2,1-4H3;8-11H,2-7H2,1H3,(H,20,21,22);8-11,20H,2-7H2,1H3;2*7-10H,1-6,14H2,(H,20,21,22)/q;+1;;;;/p-1/t14?,16?,17-,18+;;2*8?,9?,10-,11+;2*7?,8?,9-,10+/m1.1111/s1. The molecule has 780 valence electrons. The highest BCUT2D eigenvalue weighted by Gasteiger charge is 2.55. The Morgan fingerprint density at radius 2 is 0.638 bits per heavy atom. The molecule has 15 aliphatic rings. The van der Waals surface area contributed by atoms with Crippen LogP contribution in [-0.4, -0.2) is 281 Å². The fourth-order valence-electron chi connectivity index (χ4n) is 22.9. The number of nitrogens with zero attached hydrogens (tertiary/aromatic N) is 21. The highest BCUT2D eigenvalue weighted by Crippen LogP contribution is 2.47. The van der Waals surface area contributed by atoms with E-state index in [2.05, 4.69) is 112 Å². The van der Waals surface area contributed by atoms with Gasteiger partial charge in [-0.05, 0) is 207 Å². The third-order valence-electron chi connectivity index (χ3n) is 30.4. The van der Waals surface area contributed by atoms with Crippen molar-refractivity contribution in [3.63, 3.8) is 0 Å². The number of urea groups is 5. The minimum atomic E-state index is -4.99. The molecule has 21 rings (SSSR count). The SMILES string of the molecule is CC1CC(Cc2nnc([C@@H]3CC[C@@H]4CN3C(=O)N4O)o2)C1.CC1CC(Cc2nnc([C@@H]3CC[C@@H]4CN3C(=O)N4OCc3ccccc3)o2)C1.CC1CC(Cc2nnc([C@@H]3CC[C@@H]4CN3C(=O)N4OS(=O)(=O)[O-])o2)C1.CCCC[N+](CCCC)(CCCC)CCCC.NC1CC(Cc2nnc([C@@H]3CC[C@@H]4CN3C(=O)N4OS(=O)(=O)O)o2)C1.NC1CC(Cc2nnc([C@@H]3CC[C@@H]4CN3C(=O)N4OS(=O)(=O)O)o2)C1. The summed E-state index contributed by atoms with van der Waals surface area (Å²) in [6.07, 6.45) is 32.2. The van der Waals surface area contributed by atoms with Crippen LogP contribution in [0.1, 0.15) is 323 Å². The van der Waals surface area contributed by atoms with Gasteiger partial charge < -0.3 is 67.1 Å². The molecule has 0 spiro atoms. The van der Waals surface area contributed by atoms with Crippen LogP contribution in [0.3, 0.4) is 0 Å². The van der Waals surface area contributed by atoms with Crippen LogP contribution in [0, 0.1) is 47.3 Å². The summed E-state index contributed by atoms with van der Waals surface area (Å²) < 4.78 is 137. The molecule has 10 saturated heterocycles. The molecule has 10 bridgehead atoms. The van der Waals surface area contributed by atoms with Crippen molar-refractivity contribution in [2.24, 2.45) is 58.8 Å². The first-order chi connectivity index (χ1) is 67.4. The van der Waals surface area contributed by atoms with Crippen molar-refractivity contribution >= 4 is 61.4 Å². The zero-order valence-corrected chi connectivity index (χ0v) is 84.0. The minimum absolute atomic E-state index is 0.0892. The minimum Gasteiger partial charge on any atom is -0.724 e. The molecule has 15 heterocycles. The number of hydroxylamine groups is 10. The van der Waals surface area contributed by atoms with Crippen LogP contribution in [0.15, 0.2) is 52.4 Å². The van der Waals surface area contributed by atoms with Gasteiger partial charge in [-0.2, -0.15) is 41.4 Å². The van der Waals surface area contributed by atoms with E-state index in [1.165, 1.54) is 122 Å². The van der Waals surface area contributed by atoms with Crippen molar-refractivity contribution < 1.29 is 112 Å². The van der Waals surface area contributed by atoms with Crippen molar-refractivity contribution in [1.82, 2.24) is 101 Å². The monoisotopic (exact) mass is 2030 g/mol. The van der Waals surface area contributed by atoms with E-state index >= 15 is 0 Å². The predicted molar refractivity (Wildman–Crippen MR) is 494 cm³/mol. The number of unbranched alkanes of at least 4 members (excludes halogenated alkanes) is 4. The first-order valence-electron chi connectivity index (χ1n) is 50.7. The second-order valence-corrected chi connectivity index (χ2v) is 44.6. The van der Waals surface area contributed by atoms with E-state index in [9.17, 15) is 59.0 Å². The summed E-state index contributed by atoms with van der Waals surface area (Å²) in [7, 11) is -14.5. The number of benzene rings is 1. The third-order valence-corrected chi connectivity index (χ3v) is 31.5. The van der Waals surface area contributed by atoms with Gasteiger partial charge in [0.25, 0.3) is 0 Å². The number of aromatic nitrogens is 10. The molecule has 10 amide bonds. The lowest BCUT2D eigenvalue weighted by atomic mass is 9.74. The van der Waals surface area contributed by atoms with Gasteiger partial charge in [0.2, 0.25) is 69.3 Å². The third kappa shape index (κ3) is 26.0. The van der Waals surface area contributed by atoms with Crippen molar-refractivity contribution in [1.29, 1.82) is 0 Å². The molecule has 7 N–H and O–H groups in total. The van der Waals surface area contributed by atoms with Gasteiger partial charge in [-0.3, -0.25) is 19.2 Å². The lowest BCUT2D eigenvalue weighted by Gasteiger charge is -2.39. The van der Waals surface area contributed by atoms with Gasteiger partial charge >= 0.3 is 51.0 Å². The fourth-order valence-corrected chi connectivity index (χ4v) is 24.0. The number of piperidine rings is 5. The maximum atomic E-state index is 12.9. The lowest BCUT2D eigenvalue weighted by molar-refractivity contribution is -0.929. The van der Waals surface area contributed by atoms with Crippen molar-refractivity contribution in [2.75, 3.05) is 58.9 Å². The number of nitrogens with two attached hydrogens (primary N) is 2. The van der Waals surface area contributed by atoms with Crippen molar-refractivity contribution in [2.45, 2.75) is 339 Å². The molecular weight excluding hydrogens is 1900 g/mol. The summed E-state index contributed by atoms with van der Waals surface area (Å²) in [6.45, 7) is 24.2. The topological polar surface area (TPSA) is 587 Å². The highest BCUT2D eigenvalue weighted by molar-refractivity contribution is 7.81. The Morgan fingerprint density at radius 3 is 0.915 bits per heavy atom. The summed E-state index contributed by atoms with van der Waals surface area (Å²) in [6, 6.07) is 5.05. The second-order valence-electron chi connectivity index (χ2n) is 41.7. The van der Waals surface area contributed by atoms with E-state index in [-0.39, 0.29) is 67.9 Å². The van der Waals surface area contributed by atoms with Gasteiger partial charge in [-0.25, -0.2) is 37.5 Å². The van der Waals surface area contributed by atoms with Crippen LogP contribution in [0.25, 0.3) is 0 Å². The van der Waals surface area contributed by atoms with E-state index in [0.717, 1.165) is 112 Å². The summed E-state index contributed by atoms with van der Waals surface area (Å²) >= 11 is 0. The van der Waals surface area contributed by atoms with Crippen LogP contribution in [0.2, 0.25) is 0 Å². The molecule has 1 aromatic carbocycles. The Hall–Kier alpha value is -9.32. The molecule has 5 aromatic heterocycles. The molecule has 141 heavy (non-hydrogen) atoms. The smallest absolute Gasteiger partial charge is 0.418 e. The van der Waals surface area contributed by atoms with Crippen LogP contribution < -0.4 is 11.5 Å². The summed E-state index contributed by atoms with van der Waals surface area (Å²) in [4.78, 5) is 75.6. The number of hydrogen-bond donors (Lipinski definition) is 5. The van der Waals surface area contributed by atoms with E-state index in [1.54, 1.807) is 9.96 Å². The number of carbonyl (C=O) groups is 5. The average molecular weight is 2040 g/mol. The zero-order chi connectivity index (χ0) is 99.9. The molecule has 5 saturated carbocycles. The maximum Gasteiger partial charge on any atom is 0.418 e. The number of carbonyl (C=O) groups excluding carboxylic acids is 5. The van der Waals surface area contributed by atoms with E-state index in [1.807, 2.05) is 35.2 Å². The Bertz CT molecular complexity index is 5190. The first-order valence-corrected chi connectivity index (χ1v) is 54.8. The van der Waals surface area contributed by atoms with Crippen molar-refractivity contribution in [3.05, 3.63) is 94.8 Å². The largest absolute Gasteiger partial charge is 0.724 e. The van der Waals surface area contributed by atoms with Crippen molar-refractivity contribution in [3.8, 4) is 0 Å². The van der Waals surface area contributed by atoms with Crippen LogP contribution >= 0.6 is 0 Å². The van der Waals surface area contributed by atoms with Crippen LogP contribution in [-0.2, 0) is 87.6 Å². The molecule has 15 fully saturated rings. The second kappa shape index (κ2) is 45.5. The van der Waals surface area contributed by atoms with Gasteiger partial charge in [0.05, 0.1) is 56.4 Å². The molecule has 10 atom stereocenters. The Morgan fingerprint density at radius 1 is 0.376 bits per heavy atom. The van der Waals surface area contributed by atoms with Gasteiger partial charge in [-0.15, -0.1) is 59.6 Å². The summed E-state index contributed by atoms with van der Waals surface area (Å²) in [5.41, 5.74) is 12.6. The molecule has 0 radical (unpaired) electrons. The quantitative estimate of drug-likeness (QED) is 0.0106. The van der Waals surface area contributed by atoms with E-state index in [0.29, 0.717) is 175 Å². The lowest BCUT2D eigenvalue weighted by Crippen LogP contribution is -2.50. The number of quaternary nitrogens is 1. The summed E-state index contributed by atoms with van der Waals surface area (Å²) in [5, 5.41) is 55.3. The van der Waals surface area contributed by atoms with Gasteiger partial charge in [0.1, 0.15) is 36.8 Å². The normalized spacial score (nSPS) is 29.6. The summed E-state index contributed by atoms with van der Waals surface area (Å²) in [5.74, 6) is 10.2. The molecular formula is C91H139N23O24S3. The molecule has 0 unspecified atom stereocenters. The molecule has 47 nitrogen and oxygen atoms in total. The Balaban J connectivity index is 0.000000123. The average Bonchev–Trinajstić information content (AvgIpc) is 1.63. The van der Waals surface area contributed by atoms with E-state index in [4.69, 9.17) is 47.5 Å². The van der Waals surface area contributed by atoms with Gasteiger partial charge in [0, 0.05) is 76.9 Å². The predicted octanol–water partition coefficient (Wildman–Crippen LogP) is 11.8. The fraction of sp³-hybridized carbons (Fsp3) is 0.769. The highest BCUT2D eigenvalue weighted by atomic mass is 32.3. The Kier molecular flexibility index (Phi) is 33.8. The molecule has 5 aliphatic carbocycles. The first kappa shape index (κ1) is 105. The number of rotatable bonds is 36. The number of fused-ring (bicyclic) bond motifs is 10. The van der Waals surface area contributed by atoms with Gasteiger partial charge in [0.15, 0.2) is 0 Å². The maximum absolute atomic E-state index is 12.9. The number of amides is 10. The van der Waals surface area contributed by atoms with Gasteiger partial charge in [-0.1, -0.05) is 104 Å². The van der Waals surface area contributed by atoms with E-state index < -0.39 is 85.5 Å². The van der Waals surface area contributed by atoms with Crippen LogP contribution in [0.5, 0.6) is 0 Å². The molecule has 10 aliphatic heterocycles. The molecule has 50 heteroatoms. The zero-order valence-electron chi connectivity index (χ0n) is 81.5. The molecule has 6 aromatic rings. The Labute approximate surface area is 822 Å². The number of hydrogen-bond acceptors (Lipinski definition) is 34.